The Morgan fingerprint density at radius 1 is 1.22 bits per heavy atom. The number of hydrogen-bond donors (Lipinski definition) is 0. The fraction of sp³-hybridized carbons (Fsp3) is 0.600. The van der Waals surface area contributed by atoms with Crippen molar-refractivity contribution in [2.75, 3.05) is 6.61 Å². The van der Waals surface area contributed by atoms with E-state index in [1.54, 1.807) is 0 Å². The maximum Gasteiger partial charge on any atom is 0.161 e. The average Bonchev–Trinajstić information content (AvgIpc) is 2.82. The molecule has 23 heavy (non-hydrogen) atoms. The van der Waals surface area contributed by atoms with Crippen LogP contribution >= 0.6 is 0 Å². The number of rotatable bonds is 3. The number of ketones is 2. The molecule has 0 aromatic rings. The Balaban J connectivity index is 2.13. The first-order chi connectivity index (χ1) is 11.0. The number of hydrogen-bond acceptors (Lipinski definition) is 3. The molecule has 0 unspecified atom stereocenters. The lowest BCUT2D eigenvalue weighted by Gasteiger charge is -2.43. The maximum absolute atomic E-state index is 12.7. The Labute approximate surface area is 138 Å². The minimum absolute atomic E-state index is 0.0292. The van der Waals surface area contributed by atoms with Crippen LogP contribution in [0, 0.1) is 17.8 Å². The highest BCUT2D eigenvalue weighted by Gasteiger charge is 2.49. The number of allylic oxidation sites excluding steroid dienone is 4. The second kappa shape index (κ2) is 6.20. The van der Waals surface area contributed by atoms with Crippen molar-refractivity contribution in [3.63, 3.8) is 0 Å². The second-order valence-corrected chi connectivity index (χ2v) is 7.14. The summed E-state index contributed by atoms with van der Waals surface area (Å²) < 4.78 is 5.99. The van der Waals surface area contributed by atoms with Crippen molar-refractivity contribution < 1.29 is 14.3 Å². The SMILES string of the molecule is C=C1CC[C@H](C(=C)C)[C@@H]2[C@@H]1C1=C(CCC1=O)C(=O)C[C@@H]2OCC. The van der Waals surface area contributed by atoms with Crippen LogP contribution in [0.3, 0.4) is 0 Å². The van der Waals surface area contributed by atoms with Gasteiger partial charge in [0, 0.05) is 42.4 Å². The van der Waals surface area contributed by atoms with Gasteiger partial charge in [0.1, 0.15) is 0 Å². The van der Waals surface area contributed by atoms with Gasteiger partial charge in [-0.05, 0) is 39.0 Å². The van der Waals surface area contributed by atoms with E-state index in [2.05, 4.69) is 20.1 Å². The fourth-order valence-electron chi connectivity index (χ4n) is 4.79. The summed E-state index contributed by atoms with van der Waals surface area (Å²) in [5, 5.41) is 0. The third-order valence-electron chi connectivity index (χ3n) is 5.77. The molecule has 0 bridgehead atoms. The number of ether oxygens (including phenoxy) is 1. The van der Waals surface area contributed by atoms with Gasteiger partial charge in [-0.15, -0.1) is 0 Å². The molecule has 124 valence electrons. The topological polar surface area (TPSA) is 43.4 Å². The molecule has 0 aliphatic heterocycles. The Hall–Kier alpha value is -1.48. The zero-order valence-corrected chi connectivity index (χ0v) is 14.2. The van der Waals surface area contributed by atoms with Crippen molar-refractivity contribution >= 4 is 11.6 Å². The number of carbonyl (C=O) groups is 2. The molecule has 1 fully saturated rings. The number of fused-ring (bicyclic) bond motifs is 2. The zero-order chi connectivity index (χ0) is 16.7. The van der Waals surface area contributed by atoms with E-state index < -0.39 is 0 Å². The van der Waals surface area contributed by atoms with E-state index >= 15 is 0 Å². The van der Waals surface area contributed by atoms with Gasteiger partial charge in [0.05, 0.1) is 6.10 Å². The molecule has 4 atom stereocenters. The molecule has 3 rings (SSSR count). The van der Waals surface area contributed by atoms with Crippen LogP contribution in [0.25, 0.3) is 0 Å². The monoisotopic (exact) mass is 314 g/mol. The molecule has 1 saturated carbocycles. The maximum atomic E-state index is 12.7. The largest absolute Gasteiger partial charge is 0.378 e. The summed E-state index contributed by atoms with van der Waals surface area (Å²) in [6.45, 7) is 13.0. The molecule has 0 saturated heterocycles. The quantitative estimate of drug-likeness (QED) is 0.744. The van der Waals surface area contributed by atoms with Crippen LogP contribution in [0.2, 0.25) is 0 Å². The van der Waals surface area contributed by atoms with Crippen molar-refractivity contribution in [3.05, 3.63) is 35.5 Å². The number of carbonyl (C=O) groups excluding carboxylic acids is 2. The Morgan fingerprint density at radius 3 is 2.61 bits per heavy atom. The van der Waals surface area contributed by atoms with Crippen LogP contribution in [0.15, 0.2) is 35.5 Å². The first-order valence-electron chi connectivity index (χ1n) is 8.69. The summed E-state index contributed by atoms with van der Waals surface area (Å²) in [6.07, 6.45) is 3.21. The van der Waals surface area contributed by atoms with Gasteiger partial charge in [0.25, 0.3) is 0 Å². The highest BCUT2D eigenvalue weighted by atomic mass is 16.5. The van der Waals surface area contributed by atoms with Crippen LogP contribution < -0.4 is 0 Å². The third-order valence-corrected chi connectivity index (χ3v) is 5.77. The Kier molecular flexibility index (Phi) is 4.41. The van der Waals surface area contributed by atoms with Gasteiger partial charge >= 0.3 is 0 Å². The van der Waals surface area contributed by atoms with Crippen LogP contribution in [0.4, 0.5) is 0 Å². The molecular weight excluding hydrogens is 288 g/mol. The lowest BCUT2D eigenvalue weighted by molar-refractivity contribution is -0.119. The van der Waals surface area contributed by atoms with Crippen molar-refractivity contribution in [3.8, 4) is 0 Å². The predicted molar refractivity (Wildman–Crippen MR) is 90.0 cm³/mol. The van der Waals surface area contributed by atoms with Gasteiger partial charge < -0.3 is 4.74 Å². The van der Waals surface area contributed by atoms with Gasteiger partial charge in [-0.25, -0.2) is 0 Å². The molecule has 3 aliphatic rings. The molecule has 3 heteroatoms. The van der Waals surface area contributed by atoms with Crippen molar-refractivity contribution in [2.45, 2.75) is 52.1 Å². The first-order valence-corrected chi connectivity index (χ1v) is 8.69. The van der Waals surface area contributed by atoms with E-state index in [-0.39, 0.29) is 35.4 Å². The third kappa shape index (κ3) is 2.65. The van der Waals surface area contributed by atoms with Crippen molar-refractivity contribution in [2.24, 2.45) is 17.8 Å². The summed E-state index contributed by atoms with van der Waals surface area (Å²) in [6, 6.07) is 0. The summed E-state index contributed by atoms with van der Waals surface area (Å²) in [5.74, 6) is 0.622. The van der Waals surface area contributed by atoms with E-state index in [0.717, 1.165) is 35.1 Å². The van der Waals surface area contributed by atoms with Crippen molar-refractivity contribution in [1.82, 2.24) is 0 Å². The van der Waals surface area contributed by atoms with Gasteiger partial charge in [0.2, 0.25) is 0 Å². The molecular formula is C20H26O3. The highest BCUT2D eigenvalue weighted by Crippen LogP contribution is 2.51. The van der Waals surface area contributed by atoms with Crippen LogP contribution in [-0.2, 0) is 14.3 Å². The van der Waals surface area contributed by atoms with E-state index in [0.29, 0.717) is 25.9 Å². The molecule has 3 nitrogen and oxygen atoms in total. The number of Topliss-reactive ketones (excluding diaryl/α,β-unsaturated/α-hetero) is 2. The molecule has 3 aliphatic carbocycles. The summed E-state index contributed by atoms with van der Waals surface area (Å²) in [5.41, 5.74) is 3.74. The van der Waals surface area contributed by atoms with Crippen LogP contribution in [0.1, 0.15) is 46.0 Å². The van der Waals surface area contributed by atoms with E-state index in [1.807, 2.05) is 6.92 Å². The van der Waals surface area contributed by atoms with E-state index in [9.17, 15) is 9.59 Å². The van der Waals surface area contributed by atoms with Crippen LogP contribution in [-0.4, -0.2) is 24.3 Å². The lowest BCUT2D eigenvalue weighted by atomic mass is 9.63. The second-order valence-electron chi connectivity index (χ2n) is 7.14. The molecule has 0 aromatic carbocycles. The predicted octanol–water partition coefficient (Wildman–Crippen LogP) is 3.80. The molecule has 0 aromatic heterocycles. The van der Waals surface area contributed by atoms with Crippen molar-refractivity contribution in [1.29, 1.82) is 0 Å². The highest BCUT2D eigenvalue weighted by molar-refractivity contribution is 6.11. The normalized spacial score (nSPS) is 34.3. The molecule has 0 spiro atoms. The molecule has 0 N–H and O–H groups in total. The molecule has 0 radical (unpaired) electrons. The fourth-order valence-corrected chi connectivity index (χ4v) is 4.79. The van der Waals surface area contributed by atoms with Gasteiger partial charge in [0.15, 0.2) is 11.6 Å². The average molecular weight is 314 g/mol. The zero-order valence-electron chi connectivity index (χ0n) is 14.2. The Morgan fingerprint density at radius 2 is 1.96 bits per heavy atom. The van der Waals surface area contributed by atoms with Gasteiger partial charge in [-0.3, -0.25) is 9.59 Å². The van der Waals surface area contributed by atoms with E-state index in [4.69, 9.17) is 4.74 Å². The van der Waals surface area contributed by atoms with Crippen LogP contribution in [0.5, 0.6) is 0 Å². The molecule has 0 amide bonds. The van der Waals surface area contributed by atoms with Gasteiger partial charge in [-0.2, -0.15) is 0 Å². The minimum Gasteiger partial charge on any atom is -0.378 e. The molecule has 0 heterocycles. The minimum atomic E-state index is -0.144. The summed E-state index contributed by atoms with van der Waals surface area (Å²) in [7, 11) is 0. The Bertz CT molecular complexity index is 610. The summed E-state index contributed by atoms with van der Waals surface area (Å²) in [4.78, 5) is 25.2. The van der Waals surface area contributed by atoms with Gasteiger partial charge in [-0.1, -0.05) is 24.3 Å². The smallest absolute Gasteiger partial charge is 0.161 e. The lowest BCUT2D eigenvalue weighted by Crippen LogP contribution is -2.41. The standard InChI is InChI=1S/C20H26O3/c1-5-23-17-10-16(22)14-8-9-15(21)19(14)18-12(4)6-7-13(11(2)3)20(17)18/h13,17-18,20H,2,4-10H2,1,3H3/t13-,17+,18+,20+/m1/s1. The summed E-state index contributed by atoms with van der Waals surface area (Å²) >= 11 is 0. The first kappa shape index (κ1) is 16.4. The van der Waals surface area contributed by atoms with E-state index in [1.165, 1.54) is 0 Å².